The number of aromatic nitrogens is 4. The van der Waals surface area contributed by atoms with Crippen molar-refractivity contribution in [3.8, 4) is 5.69 Å². The fraction of sp³-hybridized carbons (Fsp3) is 0.100. The number of hydrogen-bond donors (Lipinski definition) is 1. The Morgan fingerprint density at radius 2 is 2.00 bits per heavy atom. The molecule has 0 bridgehead atoms. The summed E-state index contributed by atoms with van der Waals surface area (Å²) in [5.41, 5.74) is 2.27. The fourth-order valence-electron chi connectivity index (χ4n) is 2.91. The summed E-state index contributed by atoms with van der Waals surface area (Å²) < 4.78 is 1.71. The number of anilines is 1. The summed E-state index contributed by atoms with van der Waals surface area (Å²) in [6, 6.07) is 14.2. The van der Waals surface area contributed by atoms with E-state index in [-0.39, 0.29) is 23.0 Å². The highest BCUT2D eigenvalue weighted by molar-refractivity contribution is 8.00. The number of rotatable bonds is 6. The van der Waals surface area contributed by atoms with Gasteiger partial charge in [-0.3, -0.25) is 14.9 Å². The van der Waals surface area contributed by atoms with Crippen molar-refractivity contribution >= 4 is 40.1 Å². The predicted molar refractivity (Wildman–Crippen MR) is 114 cm³/mol. The summed E-state index contributed by atoms with van der Waals surface area (Å²) in [6.45, 7) is 1.75. The highest BCUT2D eigenvalue weighted by Gasteiger charge is 2.17. The highest BCUT2D eigenvalue weighted by atomic mass is 32.2. The largest absolute Gasteiger partial charge is 0.320 e. The van der Waals surface area contributed by atoms with Crippen molar-refractivity contribution in [2.75, 3.05) is 11.1 Å². The van der Waals surface area contributed by atoms with Crippen LogP contribution in [0.15, 0.2) is 66.1 Å². The Kier molecular flexibility index (Phi) is 5.40. The topological polar surface area (TPSA) is 116 Å². The first-order chi connectivity index (χ1) is 14.5. The number of aryl methyl sites for hydroxylation is 1. The van der Waals surface area contributed by atoms with E-state index in [4.69, 9.17) is 0 Å². The number of nitro groups is 1. The highest BCUT2D eigenvalue weighted by Crippen LogP contribution is 2.28. The molecule has 0 fully saturated rings. The molecule has 2 aromatic heterocycles. The lowest BCUT2D eigenvalue weighted by Gasteiger charge is -2.07. The van der Waals surface area contributed by atoms with E-state index in [0.29, 0.717) is 10.7 Å². The number of amides is 1. The number of nitro benzene ring substituents is 1. The number of nitrogens with zero attached hydrogens (tertiary/aromatic N) is 5. The summed E-state index contributed by atoms with van der Waals surface area (Å²) in [5, 5.41) is 19.5. The molecule has 30 heavy (non-hydrogen) atoms. The molecule has 0 spiro atoms. The second-order valence-electron chi connectivity index (χ2n) is 6.42. The number of hydrogen-bond acceptors (Lipinski definition) is 7. The van der Waals surface area contributed by atoms with Crippen LogP contribution in [-0.4, -0.2) is 36.3 Å². The maximum Gasteiger partial charge on any atom is 0.293 e. The van der Waals surface area contributed by atoms with Crippen molar-refractivity contribution in [2.24, 2.45) is 0 Å². The lowest BCUT2D eigenvalue weighted by Crippen LogP contribution is -2.15. The van der Waals surface area contributed by atoms with Crippen LogP contribution in [0.5, 0.6) is 0 Å². The fourth-order valence-corrected chi connectivity index (χ4v) is 3.68. The minimum Gasteiger partial charge on any atom is -0.320 e. The average molecular weight is 420 g/mol. The zero-order chi connectivity index (χ0) is 21.1. The van der Waals surface area contributed by atoms with Crippen LogP contribution < -0.4 is 5.32 Å². The summed E-state index contributed by atoms with van der Waals surface area (Å²) in [4.78, 5) is 31.7. The number of thioether (sulfide) groups is 1. The Hall–Kier alpha value is -3.79. The molecular weight excluding hydrogens is 404 g/mol. The Morgan fingerprint density at radius 1 is 1.20 bits per heavy atom. The summed E-state index contributed by atoms with van der Waals surface area (Å²) in [6.07, 6.45) is 3.09. The van der Waals surface area contributed by atoms with Gasteiger partial charge in [-0.25, -0.2) is 14.6 Å². The van der Waals surface area contributed by atoms with Crippen LogP contribution in [0.4, 0.5) is 11.4 Å². The smallest absolute Gasteiger partial charge is 0.293 e. The van der Waals surface area contributed by atoms with Gasteiger partial charge in [0, 0.05) is 6.07 Å². The van der Waals surface area contributed by atoms with Crippen LogP contribution in [0.3, 0.4) is 0 Å². The van der Waals surface area contributed by atoms with E-state index in [1.165, 1.54) is 30.2 Å². The second-order valence-corrected chi connectivity index (χ2v) is 7.39. The quantitative estimate of drug-likeness (QED) is 0.218. The molecule has 1 amide bonds. The minimum absolute atomic E-state index is 0.0354. The normalized spacial score (nSPS) is 10.8. The van der Waals surface area contributed by atoms with Crippen molar-refractivity contribution in [3.63, 3.8) is 0 Å². The van der Waals surface area contributed by atoms with Gasteiger partial charge >= 0.3 is 0 Å². The molecule has 0 atom stereocenters. The number of benzene rings is 2. The monoisotopic (exact) mass is 420 g/mol. The van der Waals surface area contributed by atoms with Gasteiger partial charge in [0.2, 0.25) is 5.91 Å². The Balaban J connectivity index is 1.51. The van der Waals surface area contributed by atoms with Crippen molar-refractivity contribution in [1.82, 2.24) is 19.7 Å². The molecule has 9 nitrogen and oxygen atoms in total. The second kappa shape index (κ2) is 8.29. The molecular formula is C20H16N6O3S. The van der Waals surface area contributed by atoms with Crippen LogP contribution >= 0.6 is 11.8 Å². The number of nitrogens with one attached hydrogen (secondary N) is 1. The maximum absolute atomic E-state index is 12.4. The van der Waals surface area contributed by atoms with E-state index in [1.807, 2.05) is 30.3 Å². The summed E-state index contributed by atoms with van der Waals surface area (Å²) in [5.74, 6) is -0.331. The van der Waals surface area contributed by atoms with E-state index in [1.54, 1.807) is 23.9 Å². The number of fused-ring (bicyclic) bond motifs is 1. The van der Waals surface area contributed by atoms with E-state index in [9.17, 15) is 14.9 Å². The zero-order valence-corrected chi connectivity index (χ0v) is 16.7. The van der Waals surface area contributed by atoms with Gasteiger partial charge in [0.05, 0.1) is 27.9 Å². The first-order valence-electron chi connectivity index (χ1n) is 8.95. The molecule has 4 rings (SSSR count). The van der Waals surface area contributed by atoms with Gasteiger partial charge in [-0.15, -0.1) is 0 Å². The third kappa shape index (κ3) is 3.98. The van der Waals surface area contributed by atoms with Gasteiger partial charge in [0.25, 0.3) is 5.69 Å². The number of para-hydroxylation sites is 1. The minimum atomic E-state index is -0.512. The maximum atomic E-state index is 12.4. The molecule has 0 saturated carbocycles. The summed E-state index contributed by atoms with van der Waals surface area (Å²) in [7, 11) is 0. The number of carbonyl (C=O) groups is 1. The molecule has 0 aliphatic carbocycles. The van der Waals surface area contributed by atoms with Crippen LogP contribution in [-0.2, 0) is 4.79 Å². The molecule has 10 heteroatoms. The zero-order valence-electron chi connectivity index (χ0n) is 15.8. The van der Waals surface area contributed by atoms with Crippen LogP contribution in [0.2, 0.25) is 0 Å². The van der Waals surface area contributed by atoms with Crippen molar-refractivity contribution < 1.29 is 9.72 Å². The van der Waals surface area contributed by atoms with E-state index < -0.39 is 4.92 Å². The predicted octanol–water partition coefficient (Wildman–Crippen LogP) is 3.76. The van der Waals surface area contributed by atoms with Gasteiger partial charge in [-0.2, -0.15) is 5.10 Å². The van der Waals surface area contributed by atoms with Crippen LogP contribution in [0.1, 0.15) is 5.56 Å². The SMILES string of the molecule is Cc1ccc(NC(=O)CSc2ncnc3c2cnn3-c2ccccc2)c([N+](=O)[O-])c1. The Labute approximate surface area is 175 Å². The molecule has 0 aliphatic rings. The van der Waals surface area contributed by atoms with Gasteiger partial charge < -0.3 is 5.32 Å². The molecule has 0 radical (unpaired) electrons. The van der Waals surface area contributed by atoms with Crippen LogP contribution in [0.25, 0.3) is 16.7 Å². The molecule has 0 unspecified atom stereocenters. The van der Waals surface area contributed by atoms with E-state index in [2.05, 4.69) is 20.4 Å². The lowest BCUT2D eigenvalue weighted by atomic mass is 10.2. The standard InChI is InChI=1S/C20H16N6O3S/c1-13-7-8-16(17(9-13)26(28)29)24-18(27)11-30-20-15-10-23-25(19(15)21-12-22-20)14-5-3-2-4-6-14/h2-10,12H,11H2,1H3,(H,24,27). The van der Waals surface area contributed by atoms with E-state index >= 15 is 0 Å². The molecule has 0 aliphatic heterocycles. The first kappa shape index (κ1) is 19.5. The van der Waals surface area contributed by atoms with Crippen molar-refractivity contribution in [3.05, 3.63) is 76.7 Å². The van der Waals surface area contributed by atoms with E-state index in [0.717, 1.165) is 16.6 Å². The van der Waals surface area contributed by atoms with Crippen LogP contribution in [0, 0.1) is 17.0 Å². The van der Waals surface area contributed by atoms with Gasteiger partial charge in [-0.1, -0.05) is 36.0 Å². The van der Waals surface area contributed by atoms with Crippen molar-refractivity contribution in [2.45, 2.75) is 11.9 Å². The third-order valence-electron chi connectivity index (χ3n) is 4.29. The summed E-state index contributed by atoms with van der Waals surface area (Å²) >= 11 is 1.22. The molecule has 0 saturated heterocycles. The first-order valence-corrected chi connectivity index (χ1v) is 9.93. The molecule has 1 N–H and O–H groups in total. The molecule has 2 heterocycles. The van der Waals surface area contributed by atoms with Gasteiger partial charge in [-0.05, 0) is 30.7 Å². The van der Waals surface area contributed by atoms with Gasteiger partial charge in [0.1, 0.15) is 17.0 Å². The third-order valence-corrected chi connectivity index (χ3v) is 5.30. The Bertz CT molecular complexity index is 1240. The Morgan fingerprint density at radius 3 is 2.77 bits per heavy atom. The number of carbonyl (C=O) groups excluding carboxylic acids is 1. The lowest BCUT2D eigenvalue weighted by molar-refractivity contribution is -0.384. The molecule has 150 valence electrons. The average Bonchev–Trinajstić information content (AvgIpc) is 3.19. The molecule has 4 aromatic rings. The van der Waals surface area contributed by atoms with Crippen molar-refractivity contribution in [1.29, 1.82) is 0 Å². The van der Waals surface area contributed by atoms with Gasteiger partial charge in [0.15, 0.2) is 5.65 Å². The molecule has 2 aromatic carbocycles.